The molecule has 8 nitrogen and oxygen atoms in total. The first-order chi connectivity index (χ1) is 17.9. The number of allylic oxidation sites excluding steroid dienone is 1. The van der Waals surface area contributed by atoms with Crippen molar-refractivity contribution in [3.8, 4) is 11.5 Å². The van der Waals surface area contributed by atoms with E-state index in [0.717, 1.165) is 0 Å². The molecule has 1 amide bonds. The van der Waals surface area contributed by atoms with Crippen molar-refractivity contribution in [3.63, 3.8) is 0 Å². The van der Waals surface area contributed by atoms with Gasteiger partial charge in [0.25, 0.3) is 11.5 Å². The molecule has 0 saturated heterocycles. The van der Waals surface area contributed by atoms with E-state index in [4.69, 9.17) is 13.9 Å². The van der Waals surface area contributed by atoms with E-state index in [0.29, 0.717) is 52.9 Å². The topological polar surface area (TPSA) is 95.1 Å². The maximum absolute atomic E-state index is 13.8. The lowest BCUT2D eigenvalue weighted by atomic mass is 9.94. The zero-order valence-corrected chi connectivity index (χ0v) is 23.1. The molecule has 1 atom stereocenters. The van der Waals surface area contributed by atoms with Crippen LogP contribution in [0.4, 0.5) is 5.69 Å². The summed E-state index contributed by atoms with van der Waals surface area (Å²) in [6.07, 6.45) is 1.69. The van der Waals surface area contributed by atoms with Gasteiger partial charge in [0.2, 0.25) is 0 Å². The molecule has 10 heteroatoms. The fourth-order valence-electron chi connectivity index (χ4n) is 4.21. The molecule has 0 unspecified atom stereocenters. The van der Waals surface area contributed by atoms with Crippen LogP contribution >= 0.6 is 33.9 Å². The number of hydrogen-bond donors (Lipinski definition) is 1. The van der Waals surface area contributed by atoms with Crippen LogP contribution in [0.5, 0.6) is 11.5 Å². The van der Waals surface area contributed by atoms with E-state index >= 15 is 0 Å². The Hall–Kier alpha value is -3.64. The van der Waals surface area contributed by atoms with Crippen molar-refractivity contribution in [2.45, 2.75) is 13.0 Å². The summed E-state index contributed by atoms with van der Waals surface area (Å²) in [6.45, 7) is 1.77. The summed E-state index contributed by atoms with van der Waals surface area (Å²) >= 11 is 3.32. The Balaban J connectivity index is 1.72. The van der Waals surface area contributed by atoms with Crippen LogP contribution in [-0.4, -0.2) is 24.7 Å². The van der Waals surface area contributed by atoms with Crippen LogP contribution < -0.4 is 29.7 Å². The van der Waals surface area contributed by atoms with Gasteiger partial charge in [0.15, 0.2) is 8.57 Å². The number of rotatable bonds is 6. The highest BCUT2D eigenvalue weighted by atomic mass is 127. The summed E-state index contributed by atoms with van der Waals surface area (Å²) in [5.41, 5.74) is 1.85. The standard InChI is InChI=1S/C27H22IN3O5S/c1-15-23(25(32)30-16-7-5-4-6-8-16)24(19-11-9-17(34-2)13-20(19)35-3)31-26(33)21(37-27(31)29-15)14-18-10-12-22(28)36-18/h4-14,24H,1-3H3,(H,30,32)/b21-14-/t24-/m0/s1. The number of carbonyl (C=O) groups excluding carboxylic acids is 1. The number of aromatic nitrogens is 1. The Morgan fingerprint density at radius 3 is 2.59 bits per heavy atom. The highest BCUT2D eigenvalue weighted by molar-refractivity contribution is 14.1. The number of fused-ring (bicyclic) bond motifs is 1. The number of carbonyl (C=O) groups is 1. The number of para-hydroxylation sites is 1. The van der Waals surface area contributed by atoms with Gasteiger partial charge in [0, 0.05) is 23.4 Å². The van der Waals surface area contributed by atoms with E-state index in [-0.39, 0.29) is 11.5 Å². The zero-order valence-electron chi connectivity index (χ0n) is 20.2. The molecule has 0 saturated carbocycles. The van der Waals surface area contributed by atoms with Crippen molar-refractivity contribution in [2.75, 3.05) is 19.5 Å². The van der Waals surface area contributed by atoms with Gasteiger partial charge in [-0.05, 0) is 65.9 Å². The number of benzene rings is 2. The quantitative estimate of drug-likeness (QED) is 0.325. The van der Waals surface area contributed by atoms with Crippen LogP contribution in [0, 0.1) is 3.77 Å². The van der Waals surface area contributed by atoms with Gasteiger partial charge in [-0.2, -0.15) is 0 Å². The van der Waals surface area contributed by atoms with Crippen LogP contribution in [0.25, 0.3) is 6.08 Å². The first-order valence-electron chi connectivity index (χ1n) is 11.3. The van der Waals surface area contributed by atoms with Gasteiger partial charge in [-0.1, -0.05) is 29.5 Å². The van der Waals surface area contributed by atoms with Gasteiger partial charge in [0.05, 0.1) is 30.0 Å². The SMILES string of the molecule is COc1ccc([C@H]2C(C(=O)Nc3ccccc3)=C(C)N=c3s/c(=C\c4ccc(I)o4)c(=O)n32)c(OC)c1. The van der Waals surface area contributed by atoms with Crippen molar-refractivity contribution in [1.29, 1.82) is 0 Å². The van der Waals surface area contributed by atoms with Crippen LogP contribution in [0.3, 0.4) is 0 Å². The predicted octanol–water partition coefficient (Wildman–Crippen LogP) is 4.09. The third-order valence-electron chi connectivity index (χ3n) is 5.90. The Morgan fingerprint density at radius 2 is 1.92 bits per heavy atom. The summed E-state index contributed by atoms with van der Waals surface area (Å²) in [7, 11) is 3.11. The first-order valence-corrected chi connectivity index (χ1v) is 13.2. The van der Waals surface area contributed by atoms with E-state index in [1.54, 1.807) is 62.1 Å². The minimum absolute atomic E-state index is 0.282. The molecule has 0 fully saturated rings. The molecule has 1 aliphatic rings. The number of methoxy groups -OCH3 is 2. The smallest absolute Gasteiger partial charge is 0.271 e. The number of amides is 1. The first kappa shape index (κ1) is 25.0. The minimum Gasteiger partial charge on any atom is -0.497 e. The molecule has 1 aliphatic heterocycles. The van der Waals surface area contributed by atoms with Crippen molar-refractivity contribution >= 4 is 51.6 Å². The highest BCUT2D eigenvalue weighted by Crippen LogP contribution is 2.37. The number of halogens is 1. The second kappa shape index (κ2) is 10.4. The monoisotopic (exact) mass is 627 g/mol. The molecule has 5 rings (SSSR count). The van der Waals surface area contributed by atoms with Gasteiger partial charge in [0.1, 0.15) is 23.3 Å². The van der Waals surface area contributed by atoms with Gasteiger partial charge < -0.3 is 19.2 Å². The average molecular weight is 627 g/mol. The normalized spacial score (nSPS) is 15.2. The van der Waals surface area contributed by atoms with Gasteiger partial charge in [-0.25, -0.2) is 4.99 Å². The summed E-state index contributed by atoms with van der Waals surface area (Å²) in [5.74, 6) is 1.28. The van der Waals surface area contributed by atoms with Gasteiger partial charge >= 0.3 is 0 Å². The fraction of sp³-hybridized carbons (Fsp3) is 0.148. The van der Waals surface area contributed by atoms with E-state index < -0.39 is 6.04 Å². The van der Waals surface area contributed by atoms with E-state index in [1.807, 2.05) is 30.3 Å². The summed E-state index contributed by atoms with van der Waals surface area (Å²) in [5, 5.41) is 2.94. The van der Waals surface area contributed by atoms with Crippen LogP contribution in [0.1, 0.15) is 24.3 Å². The lowest BCUT2D eigenvalue weighted by Gasteiger charge is -2.26. The number of nitrogens with one attached hydrogen (secondary N) is 1. The third kappa shape index (κ3) is 4.86. The lowest BCUT2D eigenvalue weighted by Crippen LogP contribution is -2.40. The Bertz CT molecular complexity index is 1700. The van der Waals surface area contributed by atoms with Gasteiger partial charge in [-0.15, -0.1) is 0 Å². The third-order valence-corrected chi connectivity index (χ3v) is 7.46. The molecule has 188 valence electrons. The molecule has 2 aromatic carbocycles. The van der Waals surface area contributed by atoms with Gasteiger partial charge in [-0.3, -0.25) is 14.2 Å². The van der Waals surface area contributed by atoms with Crippen molar-refractivity contribution in [3.05, 3.63) is 107 Å². The highest BCUT2D eigenvalue weighted by Gasteiger charge is 2.34. The molecule has 1 N–H and O–H groups in total. The van der Waals surface area contributed by atoms with Crippen molar-refractivity contribution < 1.29 is 18.7 Å². The van der Waals surface area contributed by atoms with E-state index in [1.165, 1.54) is 11.3 Å². The second-order valence-corrected chi connectivity index (χ2v) is 10.2. The predicted molar refractivity (Wildman–Crippen MR) is 150 cm³/mol. The average Bonchev–Trinajstić information content (AvgIpc) is 3.45. The van der Waals surface area contributed by atoms with Crippen LogP contribution in [0.15, 0.2) is 86.1 Å². The number of nitrogens with zero attached hydrogens (tertiary/aromatic N) is 2. The lowest BCUT2D eigenvalue weighted by molar-refractivity contribution is -0.113. The minimum atomic E-state index is -0.778. The van der Waals surface area contributed by atoms with E-state index in [2.05, 4.69) is 32.9 Å². The molecule has 0 radical (unpaired) electrons. The Morgan fingerprint density at radius 1 is 1.14 bits per heavy atom. The maximum Gasteiger partial charge on any atom is 0.271 e. The number of thiazole rings is 1. The molecule has 4 aromatic rings. The fourth-order valence-corrected chi connectivity index (χ4v) is 5.67. The Kier molecular flexibility index (Phi) is 7.02. The number of hydrogen-bond acceptors (Lipinski definition) is 7. The molecule has 3 heterocycles. The molecule has 37 heavy (non-hydrogen) atoms. The summed E-state index contributed by atoms with van der Waals surface area (Å²) in [6, 6.07) is 17.3. The summed E-state index contributed by atoms with van der Waals surface area (Å²) < 4.78 is 19.4. The molecule has 0 aliphatic carbocycles. The second-order valence-electron chi connectivity index (χ2n) is 8.15. The number of anilines is 1. The van der Waals surface area contributed by atoms with Crippen LogP contribution in [-0.2, 0) is 4.79 Å². The molecule has 0 spiro atoms. The molecule has 2 aromatic heterocycles. The van der Waals surface area contributed by atoms with E-state index in [9.17, 15) is 9.59 Å². The van der Waals surface area contributed by atoms with Crippen molar-refractivity contribution in [2.24, 2.45) is 4.99 Å². The molecular weight excluding hydrogens is 605 g/mol. The van der Waals surface area contributed by atoms with Crippen LogP contribution in [0.2, 0.25) is 0 Å². The molecular formula is C27H22IN3O5S. The Labute approximate surface area is 229 Å². The summed E-state index contributed by atoms with van der Waals surface area (Å²) in [4.78, 5) is 32.6. The number of ether oxygens (including phenoxy) is 2. The number of furan rings is 1. The largest absolute Gasteiger partial charge is 0.497 e. The molecule has 0 bridgehead atoms. The zero-order chi connectivity index (χ0) is 26.1. The maximum atomic E-state index is 13.8. The van der Waals surface area contributed by atoms with Crippen molar-refractivity contribution in [1.82, 2.24) is 4.57 Å².